The minimum atomic E-state index is -0.874. The van der Waals surface area contributed by atoms with Crippen molar-refractivity contribution in [2.75, 3.05) is 7.11 Å². The van der Waals surface area contributed by atoms with Crippen molar-refractivity contribution in [1.29, 1.82) is 0 Å². The van der Waals surface area contributed by atoms with Crippen molar-refractivity contribution >= 4 is 17.1 Å². The Morgan fingerprint density at radius 2 is 1.81 bits per heavy atom. The second-order valence-corrected chi connectivity index (χ2v) is 6.73. The molecule has 8 nitrogen and oxygen atoms in total. The van der Waals surface area contributed by atoms with Crippen LogP contribution in [0.5, 0.6) is 5.75 Å². The quantitative estimate of drug-likeness (QED) is 0.606. The van der Waals surface area contributed by atoms with Gasteiger partial charge in [0.15, 0.2) is 6.10 Å². The Labute approximate surface area is 148 Å². The van der Waals surface area contributed by atoms with Crippen LogP contribution in [0.3, 0.4) is 0 Å². The molecule has 2 saturated heterocycles. The third-order valence-electron chi connectivity index (χ3n) is 4.56. The molecule has 3 heterocycles. The molecule has 1 aromatic carbocycles. The normalized spacial score (nSPS) is 29.7. The summed E-state index contributed by atoms with van der Waals surface area (Å²) in [5, 5.41) is 0.697. The summed E-state index contributed by atoms with van der Waals surface area (Å²) >= 11 is 0. The first-order valence-electron chi connectivity index (χ1n) is 8.16. The van der Waals surface area contributed by atoms with Gasteiger partial charge in [-0.05, 0) is 38.1 Å². The van der Waals surface area contributed by atoms with Crippen LogP contribution in [-0.2, 0) is 18.9 Å². The van der Waals surface area contributed by atoms with E-state index in [0.29, 0.717) is 16.7 Å². The highest BCUT2D eigenvalue weighted by molar-refractivity contribution is 5.77. The highest BCUT2D eigenvalue weighted by Gasteiger charge is 2.58. The van der Waals surface area contributed by atoms with Gasteiger partial charge in [-0.3, -0.25) is 0 Å². The average Bonchev–Trinajstić information content (AvgIpc) is 2.96. The fraction of sp³-hybridized carbons (Fsp3) is 0.444. The topological polar surface area (TPSA) is 93.4 Å². The van der Waals surface area contributed by atoms with Crippen molar-refractivity contribution in [1.82, 2.24) is 0 Å². The third kappa shape index (κ3) is 2.81. The van der Waals surface area contributed by atoms with Crippen molar-refractivity contribution in [3.05, 3.63) is 40.8 Å². The number of methoxy groups -OCH3 is 1. The van der Waals surface area contributed by atoms with E-state index in [-0.39, 0.29) is 0 Å². The maximum Gasteiger partial charge on any atom is 0.509 e. The molecule has 2 fully saturated rings. The zero-order chi connectivity index (χ0) is 18.5. The van der Waals surface area contributed by atoms with Gasteiger partial charge in [0.1, 0.15) is 17.4 Å². The zero-order valence-corrected chi connectivity index (χ0v) is 14.5. The number of rotatable bonds is 3. The molecule has 0 aliphatic carbocycles. The summed E-state index contributed by atoms with van der Waals surface area (Å²) in [6.07, 6.45) is -3.55. The van der Waals surface area contributed by atoms with Crippen LogP contribution in [0.2, 0.25) is 0 Å². The van der Waals surface area contributed by atoms with Crippen molar-refractivity contribution in [3.63, 3.8) is 0 Å². The van der Waals surface area contributed by atoms with E-state index in [1.54, 1.807) is 24.3 Å². The summed E-state index contributed by atoms with van der Waals surface area (Å²) in [6.45, 7) is 3.66. The molecule has 2 aromatic rings. The fourth-order valence-corrected chi connectivity index (χ4v) is 3.42. The molecule has 0 amide bonds. The van der Waals surface area contributed by atoms with Gasteiger partial charge in [-0.1, -0.05) is 0 Å². The number of carbonyl (C=O) groups excluding carboxylic acids is 1. The molecular weight excluding hydrogens is 344 g/mol. The Balaban J connectivity index is 1.63. The van der Waals surface area contributed by atoms with Gasteiger partial charge in [0.25, 0.3) is 0 Å². The Hall–Kier alpha value is -2.58. The molecular formula is C18H18O8. The summed E-state index contributed by atoms with van der Waals surface area (Å²) in [7, 11) is 1.53. The van der Waals surface area contributed by atoms with E-state index in [2.05, 4.69) is 0 Å². The summed E-state index contributed by atoms with van der Waals surface area (Å²) in [6, 6.07) is 7.97. The van der Waals surface area contributed by atoms with Gasteiger partial charge in [0, 0.05) is 18.6 Å². The van der Waals surface area contributed by atoms with Crippen LogP contribution < -0.4 is 10.4 Å². The molecule has 138 valence electrons. The lowest BCUT2D eigenvalue weighted by atomic mass is 9.89. The van der Waals surface area contributed by atoms with Crippen LogP contribution in [0.4, 0.5) is 4.79 Å². The minimum Gasteiger partial charge on any atom is -0.461 e. The Kier molecular flexibility index (Phi) is 3.89. The van der Waals surface area contributed by atoms with Gasteiger partial charge < -0.3 is 28.1 Å². The molecule has 2 aliphatic heterocycles. The maximum absolute atomic E-state index is 11.6. The van der Waals surface area contributed by atoms with Crippen LogP contribution in [0.25, 0.3) is 11.0 Å². The molecule has 1 aromatic heterocycles. The number of hydrogen-bond donors (Lipinski definition) is 0. The largest absolute Gasteiger partial charge is 0.509 e. The SMILES string of the molecule is CO[C@@H]1C2OC(=O)OC2C(Oc2ccc3oc(=O)ccc3c2)OC1(C)C. The molecule has 26 heavy (non-hydrogen) atoms. The first-order valence-corrected chi connectivity index (χ1v) is 8.16. The van der Waals surface area contributed by atoms with Crippen molar-refractivity contribution < 1.29 is 32.9 Å². The second-order valence-electron chi connectivity index (χ2n) is 6.73. The van der Waals surface area contributed by atoms with E-state index in [1.165, 1.54) is 13.2 Å². The number of hydrogen-bond acceptors (Lipinski definition) is 8. The molecule has 4 rings (SSSR count). The monoisotopic (exact) mass is 362 g/mol. The van der Waals surface area contributed by atoms with E-state index in [9.17, 15) is 9.59 Å². The van der Waals surface area contributed by atoms with Gasteiger partial charge in [-0.15, -0.1) is 0 Å². The van der Waals surface area contributed by atoms with E-state index in [0.717, 1.165) is 0 Å². The molecule has 0 radical (unpaired) electrons. The lowest BCUT2D eigenvalue weighted by Gasteiger charge is -2.45. The lowest BCUT2D eigenvalue weighted by molar-refractivity contribution is -0.282. The first kappa shape index (κ1) is 16.9. The van der Waals surface area contributed by atoms with Gasteiger partial charge in [0.2, 0.25) is 12.4 Å². The van der Waals surface area contributed by atoms with Gasteiger partial charge >= 0.3 is 11.8 Å². The van der Waals surface area contributed by atoms with Crippen LogP contribution in [-0.4, -0.2) is 43.5 Å². The van der Waals surface area contributed by atoms with Gasteiger partial charge in [-0.2, -0.15) is 0 Å². The Bertz CT molecular complexity index is 901. The van der Waals surface area contributed by atoms with Crippen molar-refractivity contribution in [2.45, 2.75) is 44.1 Å². The summed E-state index contributed by atoms with van der Waals surface area (Å²) < 4.78 is 33.0. The minimum absolute atomic E-state index is 0.424. The standard InChI is InChI=1S/C18H18O8/c1-18(2)15(21-3)13-14(25-17(20)24-13)16(26-18)22-10-5-6-11-9(8-10)4-7-12(19)23-11/h4-8,13-16H,1-3H3/t13?,14?,15-,16?/m1/s1. The Morgan fingerprint density at radius 3 is 2.58 bits per heavy atom. The molecule has 0 spiro atoms. The summed E-state index contributed by atoms with van der Waals surface area (Å²) in [5.41, 5.74) is -0.743. The van der Waals surface area contributed by atoms with Crippen LogP contribution in [0.15, 0.2) is 39.5 Å². The predicted octanol–water partition coefficient (Wildman–Crippen LogP) is 2.23. The summed E-state index contributed by atoms with van der Waals surface area (Å²) in [4.78, 5) is 22.9. The van der Waals surface area contributed by atoms with Gasteiger partial charge in [-0.25, -0.2) is 9.59 Å². The number of fused-ring (bicyclic) bond motifs is 2. The predicted molar refractivity (Wildman–Crippen MR) is 88.0 cm³/mol. The molecule has 3 unspecified atom stereocenters. The molecule has 0 N–H and O–H groups in total. The van der Waals surface area contributed by atoms with Crippen molar-refractivity contribution in [2.24, 2.45) is 0 Å². The van der Waals surface area contributed by atoms with Crippen LogP contribution in [0, 0.1) is 0 Å². The second kappa shape index (κ2) is 6.00. The highest BCUT2D eigenvalue weighted by atomic mass is 16.8. The summed E-state index contributed by atoms with van der Waals surface area (Å²) in [5.74, 6) is 0.477. The third-order valence-corrected chi connectivity index (χ3v) is 4.56. The molecule has 8 heteroatoms. The molecule has 2 aliphatic rings. The Morgan fingerprint density at radius 1 is 1.04 bits per heavy atom. The van der Waals surface area contributed by atoms with E-state index >= 15 is 0 Å². The van der Waals surface area contributed by atoms with E-state index < -0.39 is 42.0 Å². The van der Waals surface area contributed by atoms with Crippen LogP contribution in [0.1, 0.15) is 13.8 Å². The molecule has 0 saturated carbocycles. The van der Waals surface area contributed by atoms with Gasteiger partial charge in [0.05, 0.1) is 5.60 Å². The van der Waals surface area contributed by atoms with Crippen molar-refractivity contribution in [3.8, 4) is 5.75 Å². The smallest absolute Gasteiger partial charge is 0.461 e. The first-order chi connectivity index (χ1) is 12.4. The van der Waals surface area contributed by atoms with E-state index in [4.69, 9.17) is 28.1 Å². The highest BCUT2D eigenvalue weighted by Crippen LogP contribution is 2.38. The van der Waals surface area contributed by atoms with Crippen LogP contribution >= 0.6 is 0 Å². The fourth-order valence-electron chi connectivity index (χ4n) is 3.42. The maximum atomic E-state index is 11.6. The van der Waals surface area contributed by atoms with E-state index in [1.807, 2.05) is 13.8 Å². The number of benzene rings is 1. The lowest BCUT2D eigenvalue weighted by Crippen LogP contribution is -2.62. The molecule has 0 bridgehead atoms. The zero-order valence-electron chi connectivity index (χ0n) is 14.5. The average molecular weight is 362 g/mol. The number of ether oxygens (including phenoxy) is 5. The molecule has 4 atom stereocenters. The number of carbonyl (C=O) groups is 1.